The predicted molar refractivity (Wildman–Crippen MR) is 150 cm³/mol. The minimum atomic E-state index is -0.334. The molecule has 1 aliphatic rings. The maximum Gasteiger partial charge on any atom is 0.249 e. The molecule has 6 heteroatoms. The molecule has 1 aliphatic heterocycles. The molecule has 0 aliphatic carbocycles. The molecule has 37 heavy (non-hydrogen) atoms. The van der Waals surface area contributed by atoms with Gasteiger partial charge in [0.1, 0.15) is 5.75 Å². The van der Waals surface area contributed by atoms with E-state index in [1.807, 2.05) is 50.5 Å². The molecule has 1 aromatic heterocycles. The van der Waals surface area contributed by atoms with E-state index >= 15 is 0 Å². The monoisotopic (exact) mass is 500 g/mol. The predicted octanol–water partition coefficient (Wildman–Crippen LogP) is 5.30. The summed E-state index contributed by atoms with van der Waals surface area (Å²) in [6.07, 6.45) is 8.04. The number of piperidine rings is 1. The number of methoxy groups -OCH3 is 1. The van der Waals surface area contributed by atoms with E-state index < -0.39 is 0 Å². The molecule has 1 fully saturated rings. The lowest BCUT2D eigenvalue weighted by molar-refractivity contribution is 0.0999. The highest BCUT2D eigenvalue weighted by molar-refractivity contribution is 5.96. The summed E-state index contributed by atoms with van der Waals surface area (Å²) in [6.45, 7) is 9.29. The Morgan fingerprint density at radius 2 is 1.86 bits per heavy atom. The highest BCUT2D eigenvalue weighted by Crippen LogP contribution is 2.29. The van der Waals surface area contributed by atoms with Crippen LogP contribution in [0.2, 0.25) is 0 Å². The Balaban J connectivity index is 1.39. The number of ether oxygens (including phenoxy) is 1. The van der Waals surface area contributed by atoms with Crippen molar-refractivity contribution in [3.63, 3.8) is 0 Å². The molecule has 1 atom stereocenters. The summed E-state index contributed by atoms with van der Waals surface area (Å²) in [5.41, 5.74) is 12.0. The molecule has 0 saturated carbocycles. The van der Waals surface area contributed by atoms with E-state index in [1.165, 1.54) is 16.8 Å². The summed E-state index contributed by atoms with van der Waals surface area (Å²) < 4.78 is 5.38. The standard InChI is InChI=1S/C31H40N4O2/c1-22-7-9-26(24(3)30(22)31(32)36)10-8-23(2)34-18-15-28(16-19-34)35(21-25-6-5-17-33-20-25)27-11-13-29(37-4)14-12-27/h5-7,9,11-14,17,20,23,28H,8,10,15-16,18-19,21H2,1-4H3,(H2,32,36)/t23-/m1/s1. The SMILES string of the molecule is COc1ccc(N(Cc2cccnc2)C2CCN([C@H](C)CCc3ccc(C)c(C(N)=O)c3C)CC2)cc1. The Bertz CT molecular complexity index is 1170. The number of aryl methyl sites for hydroxylation is 2. The van der Waals surface area contributed by atoms with Gasteiger partial charge in [0, 0.05) is 55.4 Å². The van der Waals surface area contributed by atoms with Crippen molar-refractivity contribution in [2.24, 2.45) is 5.73 Å². The van der Waals surface area contributed by atoms with Gasteiger partial charge in [-0.25, -0.2) is 0 Å². The molecule has 0 spiro atoms. The molecule has 1 amide bonds. The van der Waals surface area contributed by atoms with Gasteiger partial charge >= 0.3 is 0 Å². The molecular formula is C31H40N4O2. The molecule has 2 aromatic carbocycles. The fraction of sp³-hybridized carbons (Fsp3) is 0.419. The number of anilines is 1. The third-order valence-corrected chi connectivity index (χ3v) is 7.91. The fourth-order valence-corrected chi connectivity index (χ4v) is 5.62. The van der Waals surface area contributed by atoms with Crippen LogP contribution in [0.25, 0.3) is 0 Å². The number of carbonyl (C=O) groups is 1. The molecule has 0 bridgehead atoms. The average molecular weight is 501 g/mol. The number of aromatic nitrogens is 1. The van der Waals surface area contributed by atoms with E-state index in [0.29, 0.717) is 17.6 Å². The van der Waals surface area contributed by atoms with Crippen LogP contribution in [0.15, 0.2) is 60.9 Å². The molecule has 3 aromatic rings. The number of rotatable bonds is 10. The summed E-state index contributed by atoms with van der Waals surface area (Å²) in [7, 11) is 1.70. The van der Waals surface area contributed by atoms with Gasteiger partial charge in [-0.05, 0) is 99.0 Å². The van der Waals surface area contributed by atoms with Gasteiger partial charge in [0.2, 0.25) is 5.91 Å². The van der Waals surface area contributed by atoms with Crippen LogP contribution < -0.4 is 15.4 Å². The maximum atomic E-state index is 11.9. The number of amides is 1. The van der Waals surface area contributed by atoms with Gasteiger partial charge in [0.25, 0.3) is 0 Å². The van der Waals surface area contributed by atoms with Crippen molar-refractivity contribution in [3.05, 3.63) is 88.7 Å². The lowest BCUT2D eigenvalue weighted by atomic mass is 9.93. The van der Waals surface area contributed by atoms with E-state index in [9.17, 15) is 4.79 Å². The van der Waals surface area contributed by atoms with Crippen molar-refractivity contribution in [3.8, 4) is 5.75 Å². The van der Waals surface area contributed by atoms with Crippen LogP contribution in [0.1, 0.15) is 58.8 Å². The highest BCUT2D eigenvalue weighted by Gasteiger charge is 2.27. The largest absolute Gasteiger partial charge is 0.497 e. The van der Waals surface area contributed by atoms with Gasteiger partial charge in [-0.1, -0.05) is 18.2 Å². The molecule has 6 nitrogen and oxygen atoms in total. The molecule has 2 N–H and O–H groups in total. The smallest absolute Gasteiger partial charge is 0.249 e. The van der Waals surface area contributed by atoms with Crippen LogP contribution in [-0.2, 0) is 13.0 Å². The Kier molecular flexibility index (Phi) is 8.82. The van der Waals surface area contributed by atoms with E-state index in [1.54, 1.807) is 7.11 Å². The lowest BCUT2D eigenvalue weighted by Gasteiger charge is -2.42. The summed E-state index contributed by atoms with van der Waals surface area (Å²) in [4.78, 5) is 21.4. The van der Waals surface area contributed by atoms with Crippen molar-refractivity contribution in [1.82, 2.24) is 9.88 Å². The first-order valence-electron chi connectivity index (χ1n) is 13.3. The summed E-state index contributed by atoms with van der Waals surface area (Å²) in [5.74, 6) is 0.542. The minimum Gasteiger partial charge on any atom is -0.497 e. The molecule has 0 radical (unpaired) electrons. The van der Waals surface area contributed by atoms with Gasteiger partial charge < -0.3 is 20.3 Å². The van der Waals surface area contributed by atoms with Crippen LogP contribution in [0, 0.1) is 13.8 Å². The number of benzene rings is 2. The first-order chi connectivity index (χ1) is 17.9. The Labute approximate surface area is 221 Å². The fourth-order valence-electron chi connectivity index (χ4n) is 5.62. The topological polar surface area (TPSA) is 71.7 Å². The molecule has 0 unspecified atom stereocenters. The van der Waals surface area contributed by atoms with E-state index in [2.05, 4.69) is 46.0 Å². The van der Waals surface area contributed by atoms with Crippen molar-refractivity contribution in [2.45, 2.75) is 65.1 Å². The molecule has 1 saturated heterocycles. The van der Waals surface area contributed by atoms with Crippen LogP contribution in [0.3, 0.4) is 0 Å². The van der Waals surface area contributed by atoms with Crippen molar-refractivity contribution >= 4 is 11.6 Å². The van der Waals surface area contributed by atoms with Gasteiger partial charge in [-0.15, -0.1) is 0 Å². The van der Waals surface area contributed by atoms with Crippen molar-refractivity contribution in [2.75, 3.05) is 25.1 Å². The normalized spacial score (nSPS) is 15.4. The number of hydrogen-bond acceptors (Lipinski definition) is 5. The number of carbonyl (C=O) groups excluding carboxylic acids is 1. The van der Waals surface area contributed by atoms with Crippen LogP contribution in [-0.4, -0.2) is 48.1 Å². The second-order valence-corrected chi connectivity index (χ2v) is 10.2. The number of nitrogens with zero attached hydrogens (tertiary/aromatic N) is 3. The second kappa shape index (κ2) is 12.2. The third-order valence-electron chi connectivity index (χ3n) is 7.91. The zero-order chi connectivity index (χ0) is 26.4. The van der Waals surface area contributed by atoms with Crippen molar-refractivity contribution < 1.29 is 9.53 Å². The van der Waals surface area contributed by atoms with Crippen LogP contribution in [0.4, 0.5) is 5.69 Å². The molecule has 4 rings (SSSR count). The molecular weight excluding hydrogens is 460 g/mol. The van der Waals surface area contributed by atoms with Gasteiger partial charge in [0.15, 0.2) is 0 Å². The van der Waals surface area contributed by atoms with Crippen LogP contribution in [0.5, 0.6) is 5.75 Å². The summed E-state index contributed by atoms with van der Waals surface area (Å²) >= 11 is 0. The second-order valence-electron chi connectivity index (χ2n) is 10.2. The Morgan fingerprint density at radius 1 is 1.14 bits per heavy atom. The third kappa shape index (κ3) is 6.50. The number of hydrogen-bond donors (Lipinski definition) is 1. The number of likely N-dealkylation sites (tertiary alicyclic amines) is 1. The minimum absolute atomic E-state index is 0.334. The molecule has 196 valence electrons. The number of nitrogens with two attached hydrogens (primary N) is 1. The van der Waals surface area contributed by atoms with Gasteiger partial charge in [0.05, 0.1) is 7.11 Å². The Morgan fingerprint density at radius 3 is 2.49 bits per heavy atom. The quantitative estimate of drug-likeness (QED) is 0.409. The van der Waals surface area contributed by atoms with Gasteiger partial charge in [-0.3, -0.25) is 9.78 Å². The van der Waals surface area contributed by atoms with E-state index in [0.717, 1.165) is 62.2 Å². The zero-order valence-electron chi connectivity index (χ0n) is 22.6. The van der Waals surface area contributed by atoms with E-state index in [4.69, 9.17) is 10.5 Å². The first kappa shape index (κ1) is 26.7. The average Bonchev–Trinajstić information content (AvgIpc) is 2.92. The summed E-state index contributed by atoms with van der Waals surface area (Å²) in [6, 6.07) is 17.7. The van der Waals surface area contributed by atoms with Gasteiger partial charge in [-0.2, -0.15) is 0 Å². The zero-order valence-corrected chi connectivity index (χ0v) is 22.6. The Hall–Kier alpha value is -3.38. The van der Waals surface area contributed by atoms with Crippen molar-refractivity contribution in [1.29, 1.82) is 0 Å². The van der Waals surface area contributed by atoms with E-state index in [-0.39, 0.29) is 5.91 Å². The lowest BCUT2D eigenvalue weighted by Crippen LogP contribution is -2.47. The summed E-state index contributed by atoms with van der Waals surface area (Å²) in [5, 5.41) is 0. The van der Waals surface area contributed by atoms with Crippen LogP contribution >= 0.6 is 0 Å². The first-order valence-corrected chi connectivity index (χ1v) is 13.3. The number of primary amides is 1. The molecule has 2 heterocycles. The highest BCUT2D eigenvalue weighted by atomic mass is 16.5. The maximum absolute atomic E-state index is 11.9. The number of pyridine rings is 1.